The molecule has 10 heteroatoms. The first-order valence-corrected chi connectivity index (χ1v) is 13.3. The lowest BCUT2D eigenvalue weighted by Crippen LogP contribution is -2.51. The minimum Gasteiger partial charge on any atom is -0.484 e. The van der Waals surface area contributed by atoms with Crippen LogP contribution >= 0.6 is 11.6 Å². The van der Waals surface area contributed by atoms with Crippen LogP contribution in [-0.2, 0) is 14.8 Å². The molecule has 0 radical (unpaired) electrons. The minimum atomic E-state index is -3.66. The van der Waals surface area contributed by atoms with Crippen LogP contribution in [-0.4, -0.2) is 62.1 Å². The fraction of sp³-hybridized carbons (Fsp3) is 0.185. The van der Waals surface area contributed by atoms with E-state index in [9.17, 15) is 22.4 Å². The molecule has 1 saturated heterocycles. The summed E-state index contributed by atoms with van der Waals surface area (Å²) < 4.78 is 45.5. The maximum absolute atomic E-state index is 13.0. The molecule has 0 atom stereocenters. The van der Waals surface area contributed by atoms with Crippen LogP contribution in [0.15, 0.2) is 83.8 Å². The molecule has 0 aliphatic carbocycles. The van der Waals surface area contributed by atoms with Crippen molar-refractivity contribution in [1.82, 2.24) is 9.21 Å². The number of hydrogen-bond donors (Lipinski definition) is 0. The van der Waals surface area contributed by atoms with Crippen LogP contribution in [0.1, 0.15) is 15.9 Å². The molecule has 1 aliphatic rings. The molecule has 1 fully saturated rings. The third-order valence-electron chi connectivity index (χ3n) is 5.84. The van der Waals surface area contributed by atoms with E-state index in [1.54, 1.807) is 47.4 Å². The molecule has 192 valence electrons. The summed E-state index contributed by atoms with van der Waals surface area (Å²) in [6, 6.07) is 18.2. The molecule has 1 amide bonds. The largest absolute Gasteiger partial charge is 0.484 e. The van der Waals surface area contributed by atoms with E-state index in [-0.39, 0.29) is 55.2 Å². The molecule has 0 aromatic heterocycles. The number of rotatable bonds is 8. The van der Waals surface area contributed by atoms with Crippen LogP contribution in [0.3, 0.4) is 0 Å². The van der Waals surface area contributed by atoms with E-state index in [0.29, 0.717) is 21.9 Å². The van der Waals surface area contributed by atoms with Gasteiger partial charge in [-0.2, -0.15) is 4.31 Å². The highest BCUT2D eigenvalue weighted by Crippen LogP contribution is 2.20. The minimum absolute atomic E-state index is 0.160. The lowest BCUT2D eigenvalue weighted by molar-refractivity contribution is -0.134. The Morgan fingerprint density at radius 3 is 2.14 bits per heavy atom. The summed E-state index contributed by atoms with van der Waals surface area (Å²) in [4.78, 5) is 26.7. The maximum Gasteiger partial charge on any atom is 0.260 e. The number of ether oxygens (including phenoxy) is 1. The smallest absolute Gasteiger partial charge is 0.260 e. The molecule has 7 nitrogen and oxygen atoms in total. The van der Waals surface area contributed by atoms with Gasteiger partial charge in [-0.25, -0.2) is 12.8 Å². The van der Waals surface area contributed by atoms with Gasteiger partial charge in [0.1, 0.15) is 11.6 Å². The number of sulfonamides is 1. The standard InChI is InChI=1S/C27H24ClFN2O5S/c28-22-6-12-25(13-7-22)37(34,35)31-17-15-30(16-18-31)27(33)19-36-24-10-4-21(5-11-24)26(32)14-3-20-1-8-23(29)9-2-20/h1-14H,15-19H2/b14-3+. The average Bonchev–Trinajstić information content (AvgIpc) is 2.92. The van der Waals surface area contributed by atoms with Gasteiger partial charge >= 0.3 is 0 Å². The van der Waals surface area contributed by atoms with Crippen LogP contribution in [0, 0.1) is 5.82 Å². The SMILES string of the molecule is O=C(/C=C/c1ccc(F)cc1)c1ccc(OCC(=O)N2CCN(S(=O)(=O)c3ccc(Cl)cc3)CC2)cc1. The molecule has 37 heavy (non-hydrogen) atoms. The molecular formula is C27H24ClFN2O5S. The third-order valence-corrected chi connectivity index (χ3v) is 8.01. The van der Waals surface area contributed by atoms with E-state index in [1.165, 1.54) is 46.8 Å². The van der Waals surface area contributed by atoms with Gasteiger partial charge in [-0.1, -0.05) is 29.8 Å². The van der Waals surface area contributed by atoms with Gasteiger partial charge in [-0.15, -0.1) is 0 Å². The summed E-state index contributed by atoms with van der Waals surface area (Å²) >= 11 is 5.84. The van der Waals surface area contributed by atoms with Crippen LogP contribution in [0.2, 0.25) is 5.02 Å². The lowest BCUT2D eigenvalue weighted by Gasteiger charge is -2.34. The zero-order valence-corrected chi connectivity index (χ0v) is 21.3. The monoisotopic (exact) mass is 542 g/mol. The van der Waals surface area contributed by atoms with Crippen molar-refractivity contribution in [1.29, 1.82) is 0 Å². The van der Waals surface area contributed by atoms with Crippen molar-refractivity contribution in [2.24, 2.45) is 0 Å². The van der Waals surface area contributed by atoms with Crippen molar-refractivity contribution in [2.45, 2.75) is 4.90 Å². The predicted octanol–water partition coefficient (Wildman–Crippen LogP) is 4.29. The topological polar surface area (TPSA) is 84.0 Å². The molecule has 0 spiro atoms. The van der Waals surface area contributed by atoms with Crippen LogP contribution in [0.4, 0.5) is 4.39 Å². The van der Waals surface area contributed by atoms with Gasteiger partial charge in [-0.05, 0) is 72.3 Å². The number of nitrogens with zero attached hydrogens (tertiary/aromatic N) is 2. The first kappa shape index (κ1) is 26.5. The Hall–Kier alpha value is -3.53. The fourth-order valence-corrected chi connectivity index (χ4v) is 5.28. The first-order chi connectivity index (χ1) is 17.7. The highest BCUT2D eigenvalue weighted by Gasteiger charge is 2.30. The second kappa shape index (κ2) is 11.7. The molecule has 4 rings (SSSR count). The second-order valence-electron chi connectivity index (χ2n) is 8.30. The van der Waals surface area contributed by atoms with Crippen LogP contribution < -0.4 is 4.74 Å². The van der Waals surface area contributed by atoms with Crippen LogP contribution in [0.5, 0.6) is 5.75 Å². The van der Waals surface area contributed by atoms with Gasteiger partial charge in [0.05, 0.1) is 4.90 Å². The number of carbonyl (C=O) groups excluding carboxylic acids is 2. The molecule has 3 aromatic carbocycles. The Morgan fingerprint density at radius 2 is 1.51 bits per heavy atom. The third kappa shape index (κ3) is 6.82. The Kier molecular flexibility index (Phi) is 8.38. The van der Waals surface area contributed by atoms with Gasteiger partial charge in [0, 0.05) is 36.8 Å². The molecule has 0 unspecified atom stereocenters. The van der Waals surface area contributed by atoms with Crippen molar-refractivity contribution in [3.8, 4) is 5.75 Å². The second-order valence-corrected chi connectivity index (χ2v) is 10.7. The summed E-state index contributed by atoms with van der Waals surface area (Å²) in [5, 5.41) is 0.453. The van der Waals surface area contributed by atoms with Crippen molar-refractivity contribution in [2.75, 3.05) is 32.8 Å². The predicted molar refractivity (Wildman–Crippen MR) is 138 cm³/mol. The van der Waals surface area contributed by atoms with E-state index >= 15 is 0 Å². The number of amides is 1. The number of benzene rings is 3. The molecule has 0 saturated carbocycles. The number of carbonyl (C=O) groups is 2. The summed E-state index contributed by atoms with van der Waals surface area (Å²) in [5.41, 5.74) is 1.15. The van der Waals surface area contributed by atoms with Gasteiger partial charge in [0.25, 0.3) is 5.91 Å². The highest BCUT2D eigenvalue weighted by molar-refractivity contribution is 7.89. The van der Waals surface area contributed by atoms with E-state index in [2.05, 4.69) is 0 Å². The average molecular weight is 543 g/mol. The van der Waals surface area contributed by atoms with Gasteiger partial charge in [0.15, 0.2) is 12.4 Å². The highest BCUT2D eigenvalue weighted by atomic mass is 35.5. The van der Waals surface area contributed by atoms with Crippen LogP contribution in [0.25, 0.3) is 6.08 Å². The number of halogens is 2. The number of piperazine rings is 1. The summed E-state index contributed by atoms with van der Waals surface area (Å²) in [6.45, 7) is 0.658. The molecule has 1 heterocycles. The zero-order chi connectivity index (χ0) is 26.4. The normalized spacial score (nSPS) is 14.6. The Morgan fingerprint density at radius 1 is 0.892 bits per heavy atom. The Balaban J connectivity index is 1.25. The molecule has 1 aliphatic heterocycles. The van der Waals surface area contributed by atoms with E-state index in [0.717, 1.165) is 0 Å². The van der Waals surface area contributed by atoms with Crippen molar-refractivity contribution >= 4 is 39.4 Å². The molecule has 3 aromatic rings. The van der Waals surface area contributed by atoms with Gasteiger partial charge < -0.3 is 9.64 Å². The molecule has 0 N–H and O–H groups in total. The van der Waals surface area contributed by atoms with Crippen molar-refractivity contribution in [3.63, 3.8) is 0 Å². The summed E-state index contributed by atoms with van der Waals surface area (Å²) in [7, 11) is -3.66. The zero-order valence-electron chi connectivity index (χ0n) is 19.7. The van der Waals surface area contributed by atoms with E-state index in [1.807, 2.05) is 0 Å². The fourth-order valence-electron chi connectivity index (χ4n) is 3.73. The van der Waals surface area contributed by atoms with Gasteiger partial charge in [0.2, 0.25) is 10.0 Å². The Bertz CT molecular complexity index is 1380. The number of allylic oxidation sites excluding steroid dienone is 1. The summed E-state index contributed by atoms with van der Waals surface area (Å²) in [6.07, 6.45) is 3.00. The quantitative estimate of drug-likeness (QED) is 0.313. The van der Waals surface area contributed by atoms with Crippen molar-refractivity contribution in [3.05, 3.63) is 101 Å². The number of hydrogen-bond acceptors (Lipinski definition) is 5. The first-order valence-electron chi connectivity index (χ1n) is 11.5. The van der Waals surface area contributed by atoms with Crippen molar-refractivity contribution < 1.29 is 27.1 Å². The molecular weight excluding hydrogens is 519 g/mol. The lowest BCUT2D eigenvalue weighted by atomic mass is 10.1. The maximum atomic E-state index is 13.0. The van der Waals surface area contributed by atoms with E-state index < -0.39 is 10.0 Å². The van der Waals surface area contributed by atoms with Gasteiger partial charge in [-0.3, -0.25) is 9.59 Å². The molecule has 0 bridgehead atoms. The number of ketones is 1. The Labute approximate surface area is 219 Å². The van der Waals surface area contributed by atoms with E-state index in [4.69, 9.17) is 16.3 Å². The summed E-state index contributed by atoms with van der Waals surface area (Å²) in [5.74, 6) is -0.400.